The predicted octanol–water partition coefficient (Wildman–Crippen LogP) is 0.573. The Kier molecular flexibility index (Phi) is 3.94. The maximum Gasteiger partial charge on any atom is 0.417 e. The van der Waals surface area contributed by atoms with Crippen LogP contribution in [0, 0.1) is 0 Å². The highest BCUT2D eigenvalue weighted by atomic mass is 16.6. The van der Waals surface area contributed by atoms with E-state index in [4.69, 9.17) is 4.74 Å². The number of rotatable bonds is 1. The Balaban J connectivity index is 2.04. The van der Waals surface area contributed by atoms with E-state index in [2.05, 4.69) is 20.3 Å². The Labute approximate surface area is 112 Å². The van der Waals surface area contributed by atoms with Crippen LogP contribution in [-0.4, -0.2) is 52.1 Å². The van der Waals surface area contributed by atoms with E-state index in [1.54, 1.807) is 4.90 Å². The summed E-state index contributed by atoms with van der Waals surface area (Å²) in [5.41, 5.74) is -0.209. The zero-order valence-corrected chi connectivity index (χ0v) is 11.5. The van der Waals surface area contributed by atoms with Crippen molar-refractivity contribution in [2.24, 2.45) is 0 Å². The lowest BCUT2D eigenvalue weighted by Crippen LogP contribution is -2.47. The fourth-order valence-corrected chi connectivity index (χ4v) is 1.68. The number of carbonyl (C=O) groups excluding carboxylic acids is 1. The maximum atomic E-state index is 11.9. The number of nitrogens with one attached hydrogen (secondary N) is 1. The first-order valence-electron chi connectivity index (χ1n) is 6.34. The number of piperazine rings is 1. The molecule has 7 nitrogen and oxygen atoms in total. The third kappa shape index (κ3) is 3.60. The van der Waals surface area contributed by atoms with Gasteiger partial charge >= 0.3 is 12.1 Å². The van der Waals surface area contributed by atoms with Crippen molar-refractivity contribution < 1.29 is 9.53 Å². The van der Waals surface area contributed by atoms with Gasteiger partial charge in [0.15, 0.2) is 0 Å². The second-order valence-corrected chi connectivity index (χ2v) is 5.45. The van der Waals surface area contributed by atoms with Gasteiger partial charge in [-0.3, -0.25) is 0 Å². The van der Waals surface area contributed by atoms with E-state index in [0.29, 0.717) is 18.9 Å². The minimum absolute atomic E-state index is 0.0588. The lowest BCUT2D eigenvalue weighted by Gasteiger charge is -2.26. The average molecular weight is 265 g/mol. The third-order valence-electron chi connectivity index (χ3n) is 2.77. The highest BCUT2D eigenvalue weighted by molar-refractivity contribution is 5.69. The van der Waals surface area contributed by atoms with Crippen LogP contribution in [0.4, 0.5) is 4.79 Å². The standard InChI is InChI=1S/C12H19N5O2/c1-12(2,3)9-14-8-15-10(16-9)19-11(18)17-6-4-13-5-7-17/h8,13H,4-7H2,1-3H3. The normalized spacial score (nSPS) is 16.3. The average Bonchev–Trinajstić information content (AvgIpc) is 2.39. The second kappa shape index (κ2) is 5.48. The van der Waals surface area contributed by atoms with Gasteiger partial charge in [-0.25, -0.2) is 9.78 Å². The van der Waals surface area contributed by atoms with Crippen molar-refractivity contribution in [3.8, 4) is 6.01 Å². The molecule has 104 valence electrons. The Morgan fingerprint density at radius 2 is 2.00 bits per heavy atom. The van der Waals surface area contributed by atoms with Crippen LogP contribution >= 0.6 is 0 Å². The van der Waals surface area contributed by atoms with Crippen molar-refractivity contribution in [3.63, 3.8) is 0 Å². The van der Waals surface area contributed by atoms with Crippen molar-refractivity contribution >= 4 is 6.09 Å². The van der Waals surface area contributed by atoms with Gasteiger partial charge in [0.2, 0.25) is 0 Å². The number of amides is 1. The fraction of sp³-hybridized carbons (Fsp3) is 0.667. The SMILES string of the molecule is CC(C)(C)c1ncnc(OC(=O)N2CCNCC2)n1. The topological polar surface area (TPSA) is 80.2 Å². The minimum atomic E-state index is -0.410. The molecular weight excluding hydrogens is 246 g/mol. The first-order chi connectivity index (χ1) is 8.97. The van der Waals surface area contributed by atoms with Gasteiger partial charge < -0.3 is 15.0 Å². The zero-order chi connectivity index (χ0) is 13.9. The summed E-state index contributed by atoms with van der Waals surface area (Å²) in [7, 11) is 0. The monoisotopic (exact) mass is 265 g/mol. The van der Waals surface area contributed by atoms with E-state index in [0.717, 1.165) is 13.1 Å². The van der Waals surface area contributed by atoms with E-state index in [1.807, 2.05) is 20.8 Å². The van der Waals surface area contributed by atoms with Gasteiger partial charge in [0.25, 0.3) is 0 Å². The molecule has 0 radical (unpaired) electrons. The molecule has 0 bridgehead atoms. The van der Waals surface area contributed by atoms with Crippen LogP contribution in [-0.2, 0) is 5.41 Å². The number of ether oxygens (including phenoxy) is 1. The number of carbonyl (C=O) groups is 1. The number of nitrogens with zero attached hydrogens (tertiary/aromatic N) is 4. The maximum absolute atomic E-state index is 11.9. The molecule has 0 aliphatic carbocycles. The molecule has 1 saturated heterocycles. The summed E-state index contributed by atoms with van der Waals surface area (Å²) >= 11 is 0. The zero-order valence-electron chi connectivity index (χ0n) is 11.5. The molecule has 1 aliphatic heterocycles. The minimum Gasteiger partial charge on any atom is -0.374 e. The summed E-state index contributed by atoms with van der Waals surface area (Å²) < 4.78 is 5.19. The van der Waals surface area contributed by atoms with E-state index < -0.39 is 6.09 Å². The van der Waals surface area contributed by atoms with Gasteiger partial charge in [0.1, 0.15) is 12.2 Å². The van der Waals surface area contributed by atoms with E-state index >= 15 is 0 Å². The van der Waals surface area contributed by atoms with Gasteiger partial charge in [-0.05, 0) is 0 Å². The number of hydrogen-bond donors (Lipinski definition) is 1. The van der Waals surface area contributed by atoms with Crippen LogP contribution in [0.2, 0.25) is 0 Å². The van der Waals surface area contributed by atoms with Crippen molar-refractivity contribution in [1.29, 1.82) is 0 Å². The molecule has 1 aromatic rings. The molecule has 1 amide bonds. The van der Waals surface area contributed by atoms with Crippen molar-refractivity contribution in [1.82, 2.24) is 25.2 Å². The van der Waals surface area contributed by atoms with Crippen molar-refractivity contribution in [3.05, 3.63) is 12.2 Å². The molecule has 2 rings (SSSR count). The van der Waals surface area contributed by atoms with Crippen LogP contribution in [0.5, 0.6) is 6.01 Å². The summed E-state index contributed by atoms with van der Waals surface area (Å²) in [5.74, 6) is 0.602. The summed E-state index contributed by atoms with van der Waals surface area (Å²) in [6.07, 6.45) is 0.959. The molecule has 19 heavy (non-hydrogen) atoms. The van der Waals surface area contributed by atoms with Crippen LogP contribution in [0.3, 0.4) is 0 Å². The van der Waals surface area contributed by atoms with Gasteiger partial charge in [0, 0.05) is 31.6 Å². The van der Waals surface area contributed by atoms with Crippen LogP contribution in [0.1, 0.15) is 26.6 Å². The highest BCUT2D eigenvalue weighted by Gasteiger charge is 2.22. The first-order valence-corrected chi connectivity index (χ1v) is 6.34. The molecule has 0 saturated carbocycles. The van der Waals surface area contributed by atoms with Gasteiger partial charge in [-0.2, -0.15) is 9.97 Å². The molecule has 1 aliphatic rings. The lowest BCUT2D eigenvalue weighted by atomic mass is 9.96. The van der Waals surface area contributed by atoms with Gasteiger partial charge in [0.05, 0.1) is 0 Å². The van der Waals surface area contributed by atoms with Crippen LogP contribution < -0.4 is 10.1 Å². The predicted molar refractivity (Wildman–Crippen MR) is 69.0 cm³/mol. The van der Waals surface area contributed by atoms with E-state index in [9.17, 15) is 4.79 Å². The second-order valence-electron chi connectivity index (χ2n) is 5.45. The summed E-state index contributed by atoms with van der Waals surface area (Å²) in [6, 6.07) is 0.0588. The molecule has 2 heterocycles. The van der Waals surface area contributed by atoms with E-state index in [1.165, 1.54) is 6.33 Å². The molecule has 1 fully saturated rings. The molecule has 0 aromatic carbocycles. The van der Waals surface area contributed by atoms with Crippen LogP contribution in [0.25, 0.3) is 0 Å². The van der Waals surface area contributed by atoms with Gasteiger partial charge in [-0.1, -0.05) is 20.8 Å². The molecule has 0 atom stereocenters. The fourth-order valence-electron chi connectivity index (χ4n) is 1.68. The lowest BCUT2D eigenvalue weighted by molar-refractivity contribution is 0.142. The molecule has 1 aromatic heterocycles. The Hall–Kier alpha value is -1.76. The molecule has 0 spiro atoms. The number of aromatic nitrogens is 3. The van der Waals surface area contributed by atoms with Crippen LogP contribution in [0.15, 0.2) is 6.33 Å². The smallest absolute Gasteiger partial charge is 0.374 e. The molecular formula is C12H19N5O2. The van der Waals surface area contributed by atoms with Gasteiger partial charge in [-0.15, -0.1) is 0 Å². The highest BCUT2D eigenvalue weighted by Crippen LogP contribution is 2.18. The number of hydrogen-bond acceptors (Lipinski definition) is 6. The first kappa shape index (κ1) is 13.7. The summed E-state index contributed by atoms with van der Waals surface area (Å²) in [5, 5.41) is 3.17. The summed E-state index contributed by atoms with van der Waals surface area (Å²) in [6.45, 7) is 8.80. The van der Waals surface area contributed by atoms with E-state index in [-0.39, 0.29) is 11.4 Å². The Morgan fingerprint density at radius 1 is 1.32 bits per heavy atom. The van der Waals surface area contributed by atoms with Crippen molar-refractivity contribution in [2.45, 2.75) is 26.2 Å². The Morgan fingerprint density at radius 3 is 2.63 bits per heavy atom. The Bertz CT molecular complexity index is 452. The van der Waals surface area contributed by atoms with Crippen molar-refractivity contribution in [2.75, 3.05) is 26.2 Å². The summed E-state index contributed by atoms with van der Waals surface area (Å²) in [4.78, 5) is 25.7. The largest absolute Gasteiger partial charge is 0.417 e. The molecule has 1 N–H and O–H groups in total. The molecule has 7 heteroatoms. The third-order valence-corrected chi connectivity index (χ3v) is 2.77. The molecule has 0 unspecified atom stereocenters. The quantitative estimate of drug-likeness (QED) is 0.799.